The quantitative estimate of drug-likeness (QED) is 0.795. The van der Waals surface area contributed by atoms with Crippen molar-refractivity contribution < 1.29 is 17.9 Å². The van der Waals surface area contributed by atoms with Crippen LogP contribution in [-0.2, 0) is 14.8 Å². The number of ether oxygens (including phenoxy) is 1. The van der Waals surface area contributed by atoms with E-state index in [1.807, 2.05) is 0 Å². The summed E-state index contributed by atoms with van der Waals surface area (Å²) in [6.07, 6.45) is 0.641. The predicted octanol–water partition coefficient (Wildman–Crippen LogP) is 1.70. The van der Waals surface area contributed by atoms with Crippen LogP contribution in [0.15, 0.2) is 35.4 Å². The van der Waals surface area contributed by atoms with Crippen LogP contribution in [-0.4, -0.2) is 31.8 Å². The van der Waals surface area contributed by atoms with Gasteiger partial charge < -0.3 is 4.74 Å². The SMILES string of the molecule is COC(=O)Nc1ccc(NS(=O)(=O)c2cn[nH]c2C)cc1. The van der Waals surface area contributed by atoms with Crippen LogP contribution >= 0.6 is 0 Å². The molecule has 1 aromatic heterocycles. The van der Waals surface area contributed by atoms with Crippen molar-refractivity contribution in [3.05, 3.63) is 36.2 Å². The lowest BCUT2D eigenvalue weighted by molar-refractivity contribution is 0.187. The Balaban J connectivity index is 2.14. The van der Waals surface area contributed by atoms with Crippen molar-refractivity contribution in [2.75, 3.05) is 17.1 Å². The molecule has 0 unspecified atom stereocenters. The first-order valence-corrected chi connectivity index (χ1v) is 7.38. The molecule has 1 heterocycles. The Bertz CT molecular complexity index is 737. The van der Waals surface area contributed by atoms with Crippen molar-refractivity contribution in [2.24, 2.45) is 0 Å². The van der Waals surface area contributed by atoms with E-state index in [9.17, 15) is 13.2 Å². The standard InChI is InChI=1S/C12H14N4O4S/c1-8-11(7-13-15-8)21(18,19)16-10-5-3-9(4-6-10)14-12(17)20-2/h3-7,16H,1-2H3,(H,13,15)(H,14,17). The average molecular weight is 310 g/mol. The molecule has 9 heteroatoms. The van der Waals surface area contributed by atoms with Crippen LogP contribution in [0.1, 0.15) is 5.69 Å². The van der Waals surface area contributed by atoms with Gasteiger partial charge >= 0.3 is 6.09 Å². The number of aromatic nitrogens is 2. The molecule has 3 N–H and O–H groups in total. The fourth-order valence-electron chi connectivity index (χ4n) is 1.61. The molecular weight excluding hydrogens is 296 g/mol. The summed E-state index contributed by atoms with van der Waals surface area (Å²) < 4.78 is 31.1. The summed E-state index contributed by atoms with van der Waals surface area (Å²) in [6.45, 7) is 1.62. The molecule has 0 saturated carbocycles. The van der Waals surface area contributed by atoms with Gasteiger partial charge in [-0.05, 0) is 31.2 Å². The fraction of sp³-hybridized carbons (Fsp3) is 0.167. The van der Waals surface area contributed by atoms with E-state index in [1.165, 1.54) is 25.4 Å². The topological polar surface area (TPSA) is 113 Å². The summed E-state index contributed by atoms with van der Waals surface area (Å²) in [5.74, 6) is 0. The van der Waals surface area contributed by atoms with Gasteiger partial charge in [0.2, 0.25) is 0 Å². The number of H-pyrrole nitrogens is 1. The van der Waals surface area contributed by atoms with Crippen molar-refractivity contribution in [1.82, 2.24) is 10.2 Å². The fourth-order valence-corrected chi connectivity index (χ4v) is 2.81. The summed E-state index contributed by atoms with van der Waals surface area (Å²) in [5.41, 5.74) is 1.31. The van der Waals surface area contributed by atoms with E-state index < -0.39 is 16.1 Å². The van der Waals surface area contributed by atoms with Crippen molar-refractivity contribution in [2.45, 2.75) is 11.8 Å². The van der Waals surface area contributed by atoms with E-state index in [1.54, 1.807) is 19.1 Å². The third-order valence-electron chi connectivity index (χ3n) is 2.64. The van der Waals surface area contributed by atoms with Gasteiger partial charge in [-0.1, -0.05) is 0 Å². The Hall–Kier alpha value is -2.55. The van der Waals surface area contributed by atoms with Gasteiger partial charge in [0, 0.05) is 11.4 Å². The average Bonchev–Trinajstić information content (AvgIpc) is 2.87. The molecule has 112 valence electrons. The van der Waals surface area contributed by atoms with E-state index in [4.69, 9.17) is 0 Å². The van der Waals surface area contributed by atoms with Gasteiger partial charge in [0.25, 0.3) is 10.0 Å². The predicted molar refractivity (Wildman–Crippen MR) is 76.6 cm³/mol. The number of methoxy groups -OCH3 is 1. The molecule has 2 aromatic rings. The molecule has 0 radical (unpaired) electrons. The molecular formula is C12H14N4O4S. The minimum atomic E-state index is -3.70. The van der Waals surface area contributed by atoms with Gasteiger partial charge in [0.1, 0.15) is 4.90 Å². The van der Waals surface area contributed by atoms with Crippen LogP contribution < -0.4 is 10.0 Å². The first-order chi connectivity index (χ1) is 9.92. The number of anilines is 2. The second-order valence-corrected chi connectivity index (χ2v) is 5.81. The minimum absolute atomic E-state index is 0.0827. The highest BCUT2D eigenvalue weighted by Crippen LogP contribution is 2.19. The van der Waals surface area contributed by atoms with Crippen LogP contribution in [0, 0.1) is 6.92 Å². The number of hydrogen-bond donors (Lipinski definition) is 3. The van der Waals surface area contributed by atoms with Gasteiger partial charge in [0.05, 0.1) is 19.0 Å². The minimum Gasteiger partial charge on any atom is -0.453 e. The van der Waals surface area contributed by atoms with Crippen LogP contribution in [0.5, 0.6) is 0 Å². The van der Waals surface area contributed by atoms with Crippen molar-refractivity contribution in [1.29, 1.82) is 0 Å². The monoisotopic (exact) mass is 310 g/mol. The largest absolute Gasteiger partial charge is 0.453 e. The number of nitrogens with one attached hydrogen (secondary N) is 3. The summed E-state index contributed by atoms with van der Waals surface area (Å²) >= 11 is 0. The van der Waals surface area contributed by atoms with E-state index in [0.717, 1.165) is 0 Å². The molecule has 2 rings (SSSR count). The second kappa shape index (κ2) is 5.83. The normalized spacial score (nSPS) is 11.0. The van der Waals surface area contributed by atoms with Gasteiger partial charge in [-0.2, -0.15) is 5.10 Å². The van der Waals surface area contributed by atoms with Crippen LogP contribution in [0.2, 0.25) is 0 Å². The van der Waals surface area contributed by atoms with Gasteiger partial charge in [0.15, 0.2) is 0 Å². The number of aryl methyl sites for hydroxylation is 1. The Morgan fingerprint density at radius 2 is 1.86 bits per heavy atom. The lowest BCUT2D eigenvalue weighted by atomic mass is 10.3. The van der Waals surface area contributed by atoms with Crippen LogP contribution in [0.4, 0.5) is 16.2 Å². The van der Waals surface area contributed by atoms with Gasteiger partial charge in [-0.25, -0.2) is 13.2 Å². The highest BCUT2D eigenvalue weighted by atomic mass is 32.2. The second-order valence-electron chi connectivity index (χ2n) is 4.16. The lowest BCUT2D eigenvalue weighted by Gasteiger charge is -2.08. The van der Waals surface area contributed by atoms with Crippen LogP contribution in [0.3, 0.4) is 0 Å². The number of sulfonamides is 1. The maximum Gasteiger partial charge on any atom is 0.411 e. The van der Waals surface area contributed by atoms with Gasteiger partial charge in [-0.15, -0.1) is 0 Å². The van der Waals surface area contributed by atoms with Gasteiger partial charge in [-0.3, -0.25) is 15.1 Å². The highest BCUT2D eigenvalue weighted by Gasteiger charge is 2.18. The molecule has 8 nitrogen and oxygen atoms in total. The molecule has 0 aliphatic heterocycles. The molecule has 0 fully saturated rings. The highest BCUT2D eigenvalue weighted by molar-refractivity contribution is 7.92. The molecule has 0 spiro atoms. The van der Waals surface area contributed by atoms with Crippen molar-refractivity contribution >= 4 is 27.5 Å². The van der Waals surface area contributed by atoms with Crippen molar-refractivity contribution in [3.63, 3.8) is 0 Å². The summed E-state index contributed by atoms with van der Waals surface area (Å²) in [4.78, 5) is 11.1. The third kappa shape index (κ3) is 3.51. The van der Waals surface area contributed by atoms with E-state index in [-0.39, 0.29) is 4.90 Å². The first-order valence-electron chi connectivity index (χ1n) is 5.90. The summed E-state index contributed by atoms with van der Waals surface area (Å²) in [5, 5.41) is 8.71. The number of rotatable bonds is 4. The number of nitrogens with zero attached hydrogens (tertiary/aromatic N) is 1. The zero-order valence-corrected chi connectivity index (χ0v) is 12.2. The van der Waals surface area contributed by atoms with E-state index in [2.05, 4.69) is 25.0 Å². The summed E-state index contributed by atoms with van der Waals surface area (Å²) in [7, 11) is -2.44. The number of hydrogen-bond acceptors (Lipinski definition) is 5. The number of benzene rings is 1. The Morgan fingerprint density at radius 1 is 1.24 bits per heavy atom. The van der Waals surface area contributed by atoms with E-state index >= 15 is 0 Å². The first kappa shape index (κ1) is 14.9. The molecule has 0 atom stereocenters. The number of carbonyl (C=O) groups excluding carboxylic acids is 1. The molecule has 0 saturated heterocycles. The number of aromatic amines is 1. The summed E-state index contributed by atoms with van der Waals surface area (Å²) in [6, 6.07) is 6.16. The zero-order valence-electron chi connectivity index (χ0n) is 11.4. The lowest BCUT2D eigenvalue weighted by Crippen LogP contribution is -2.14. The smallest absolute Gasteiger partial charge is 0.411 e. The Labute approximate surface area is 121 Å². The number of amides is 1. The van der Waals surface area contributed by atoms with Crippen molar-refractivity contribution in [3.8, 4) is 0 Å². The zero-order chi connectivity index (χ0) is 15.5. The van der Waals surface area contributed by atoms with Crippen LogP contribution in [0.25, 0.3) is 0 Å². The molecule has 1 aromatic carbocycles. The molecule has 0 aliphatic carbocycles. The molecule has 0 bridgehead atoms. The Kier molecular flexibility index (Phi) is 4.13. The number of carbonyl (C=O) groups is 1. The van der Waals surface area contributed by atoms with E-state index in [0.29, 0.717) is 17.1 Å². The maximum atomic E-state index is 12.1. The molecule has 1 amide bonds. The third-order valence-corrected chi connectivity index (χ3v) is 4.14. The molecule has 0 aliphatic rings. The maximum absolute atomic E-state index is 12.1. The molecule has 21 heavy (non-hydrogen) atoms. The Morgan fingerprint density at radius 3 is 2.38 bits per heavy atom.